The molecule has 2 rings (SSSR count). The molecule has 0 aliphatic heterocycles. The van der Waals surface area contributed by atoms with E-state index >= 15 is 0 Å². The summed E-state index contributed by atoms with van der Waals surface area (Å²) in [5.41, 5.74) is 1.90. The summed E-state index contributed by atoms with van der Waals surface area (Å²) in [6.07, 6.45) is 0.771. The molecule has 0 atom stereocenters. The quantitative estimate of drug-likeness (QED) is 0.631. The fraction of sp³-hybridized carbons (Fsp3) is 0.278. The van der Waals surface area contributed by atoms with Gasteiger partial charge in [0.15, 0.2) is 17.5 Å². The highest BCUT2D eigenvalue weighted by Gasteiger charge is 2.06. The Hall–Kier alpha value is -2.76. The highest BCUT2D eigenvalue weighted by molar-refractivity contribution is 5.93. The van der Waals surface area contributed by atoms with Crippen LogP contribution in [0, 0.1) is 5.82 Å². The first-order valence-electron chi connectivity index (χ1n) is 7.60. The van der Waals surface area contributed by atoms with E-state index in [1.165, 1.54) is 12.1 Å². The van der Waals surface area contributed by atoms with Crippen molar-refractivity contribution in [3.05, 3.63) is 53.8 Å². The van der Waals surface area contributed by atoms with Gasteiger partial charge in [0.05, 0.1) is 14.2 Å². The molecule has 24 heavy (non-hydrogen) atoms. The Bertz CT molecular complexity index is 687. The number of guanidine groups is 1. The number of hydrogen-bond donors (Lipinski definition) is 2. The maximum atomic E-state index is 12.9. The van der Waals surface area contributed by atoms with Crippen LogP contribution in [-0.4, -0.2) is 33.8 Å². The minimum Gasteiger partial charge on any atom is -0.493 e. The van der Waals surface area contributed by atoms with Crippen molar-refractivity contribution in [3.63, 3.8) is 0 Å². The van der Waals surface area contributed by atoms with Gasteiger partial charge in [0.1, 0.15) is 5.82 Å². The van der Waals surface area contributed by atoms with Crippen LogP contribution < -0.4 is 20.1 Å². The van der Waals surface area contributed by atoms with Crippen molar-refractivity contribution in [1.82, 2.24) is 5.32 Å². The standard InChI is InChI=1S/C18H22FN3O2/c1-20-18(21-11-10-13-4-6-14(19)7-5-13)22-15-8-9-16(23-2)17(12-15)24-3/h4-9,12H,10-11H2,1-3H3,(H2,20,21,22). The summed E-state index contributed by atoms with van der Waals surface area (Å²) < 4.78 is 23.4. The summed E-state index contributed by atoms with van der Waals surface area (Å²) in [7, 11) is 4.90. The molecule has 0 saturated heterocycles. The van der Waals surface area contributed by atoms with E-state index < -0.39 is 0 Å². The van der Waals surface area contributed by atoms with E-state index in [1.54, 1.807) is 33.4 Å². The minimum absolute atomic E-state index is 0.224. The first kappa shape index (κ1) is 17.6. The molecule has 0 aliphatic carbocycles. The summed E-state index contributed by atoms with van der Waals surface area (Å²) in [6, 6.07) is 12.0. The molecule has 0 radical (unpaired) electrons. The van der Waals surface area contributed by atoms with E-state index in [0.717, 1.165) is 17.7 Å². The Morgan fingerprint density at radius 3 is 2.38 bits per heavy atom. The number of ether oxygens (including phenoxy) is 2. The summed E-state index contributed by atoms with van der Waals surface area (Å²) in [5, 5.41) is 6.41. The molecule has 0 spiro atoms. The predicted molar refractivity (Wildman–Crippen MR) is 94.6 cm³/mol. The van der Waals surface area contributed by atoms with Crippen molar-refractivity contribution < 1.29 is 13.9 Å². The summed E-state index contributed by atoms with van der Waals surface area (Å²) in [4.78, 5) is 4.19. The molecular formula is C18H22FN3O2. The Morgan fingerprint density at radius 1 is 1.04 bits per heavy atom. The van der Waals surface area contributed by atoms with Gasteiger partial charge in [-0.1, -0.05) is 12.1 Å². The van der Waals surface area contributed by atoms with E-state index in [1.807, 2.05) is 18.2 Å². The molecule has 128 valence electrons. The molecule has 0 saturated carbocycles. The molecule has 2 aromatic rings. The number of halogens is 1. The topological polar surface area (TPSA) is 54.9 Å². The SMILES string of the molecule is CN=C(NCCc1ccc(F)cc1)Nc1ccc(OC)c(OC)c1. The zero-order chi connectivity index (χ0) is 17.4. The third kappa shape index (κ3) is 4.87. The lowest BCUT2D eigenvalue weighted by atomic mass is 10.1. The number of nitrogens with one attached hydrogen (secondary N) is 2. The van der Waals surface area contributed by atoms with Gasteiger partial charge in [-0.2, -0.15) is 0 Å². The third-order valence-corrected chi connectivity index (χ3v) is 3.49. The van der Waals surface area contributed by atoms with Crippen LogP contribution in [-0.2, 0) is 6.42 Å². The number of aliphatic imine (C=N–C) groups is 1. The zero-order valence-electron chi connectivity index (χ0n) is 14.1. The summed E-state index contributed by atoms with van der Waals surface area (Å²) in [6.45, 7) is 0.679. The molecule has 0 fully saturated rings. The summed E-state index contributed by atoms with van der Waals surface area (Å²) in [5.74, 6) is 1.73. The molecule has 2 N–H and O–H groups in total. The largest absolute Gasteiger partial charge is 0.493 e. The highest BCUT2D eigenvalue weighted by Crippen LogP contribution is 2.29. The van der Waals surface area contributed by atoms with Gasteiger partial charge in [0.25, 0.3) is 0 Å². The average Bonchev–Trinajstić information content (AvgIpc) is 2.62. The lowest BCUT2D eigenvalue weighted by Gasteiger charge is -2.14. The van der Waals surface area contributed by atoms with Gasteiger partial charge in [-0.05, 0) is 36.2 Å². The van der Waals surface area contributed by atoms with Crippen LogP contribution in [0.25, 0.3) is 0 Å². The first-order chi connectivity index (χ1) is 11.7. The molecule has 2 aromatic carbocycles. The van der Waals surface area contributed by atoms with Gasteiger partial charge in [-0.15, -0.1) is 0 Å². The second-order valence-corrected chi connectivity index (χ2v) is 5.07. The first-order valence-corrected chi connectivity index (χ1v) is 7.60. The maximum absolute atomic E-state index is 12.9. The lowest BCUT2D eigenvalue weighted by molar-refractivity contribution is 0.355. The van der Waals surface area contributed by atoms with Crippen LogP contribution >= 0.6 is 0 Å². The number of benzene rings is 2. The Morgan fingerprint density at radius 2 is 1.75 bits per heavy atom. The van der Waals surface area contributed by atoms with E-state index in [0.29, 0.717) is 24.0 Å². The number of hydrogen-bond acceptors (Lipinski definition) is 3. The molecular weight excluding hydrogens is 309 g/mol. The van der Waals surface area contributed by atoms with Crippen LogP contribution in [0.2, 0.25) is 0 Å². The van der Waals surface area contributed by atoms with Crippen molar-refractivity contribution in [2.45, 2.75) is 6.42 Å². The van der Waals surface area contributed by atoms with E-state index in [2.05, 4.69) is 15.6 Å². The van der Waals surface area contributed by atoms with Crippen molar-refractivity contribution in [1.29, 1.82) is 0 Å². The number of nitrogens with zero attached hydrogens (tertiary/aromatic N) is 1. The van der Waals surface area contributed by atoms with E-state index in [4.69, 9.17) is 9.47 Å². The van der Waals surface area contributed by atoms with Gasteiger partial charge < -0.3 is 20.1 Å². The van der Waals surface area contributed by atoms with Gasteiger partial charge in [0.2, 0.25) is 0 Å². The number of anilines is 1. The van der Waals surface area contributed by atoms with Crippen molar-refractivity contribution >= 4 is 11.6 Å². The average molecular weight is 331 g/mol. The fourth-order valence-electron chi connectivity index (χ4n) is 2.21. The molecule has 0 bridgehead atoms. The normalized spacial score (nSPS) is 11.1. The Balaban J connectivity index is 1.91. The second kappa shape index (κ2) is 8.76. The highest BCUT2D eigenvalue weighted by atomic mass is 19.1. The lowest BCUT2D eigenvalue weighted by Crippen LogP contribution is -2.32. The van der Waals surface area contributed by atoms with Crippen LogP contribution in [0.1, 0.15) is 5.56 Å². The van der Waals surface area contributed by atoms with Crippen LogP contribution in [0.5, 0.6) is 11.5 Å². The van der Waals surface area contributed by atoms with Crippen molar-refractivity contribution in [2.75, 3.05) is 33.1 Å². The fourth-order valence-corrected chi connectivity index (χ4v) is 2.21. The van der Waals surface area contributed by atoms with Gasteiger partial charge in [-0.25, -0.2) is 4.39 Å². The third-order valence-electron chi connectivity index (χ3n) is 3.49. The molecule has 0 unspecified atom stereocenters. The van der Waals surface area contributed by atoms with Gasteiger partial charge in [-0.3, -0.25) is 4.99 Å². The number of rotatable bonds is 6. The maximum Gasteiger partial charge on any atom is 0.195 e. The number of methoxy groups -OCH3 is 2. The minimum atomic E-state index is -0.224. The molecule has 0 amide bonds. The van der Waals surface area contributed by atoms with Gasteiger partial charge >= 0.3 is 0 Å². The van der Waals surface area contributed by atoms with Gasteiger partial charge in [0, 0.05) is 25.3 Å². The molecule has 6 heteroatoms. The van der Waals surface area contributed by atoms with E-state index in [9.17, 15) is 4.39 Å². The Labute approximate surface area is 141 Å². The molecule has 0 aromatic heterocycles. The molecule has 5 nitrogen and oxygen atoms in total. The zero-order valence-corrected chi connectivity index (χ0v) is 14.1. The Kier molecular flexibility index (Phi) is 6.42. The van der Waals surface area contributed by atoms with Crippen LogP contribution in [0.15, 0.2) is 47.5 Å². The predicted octanol–water partition coefficient (Wildman–Crippen LogP) is 3.07. The monoisotopic (exact) mass is 331 g/mol. The molecule has 0 aliphatic rings. The van der Waals surface area contributed by atoms with Crippen LogP contribution in [0.4, 0.5) is 10.1 Å². The molecule has 0 heterocycles. The van der Waals surface area contributed by atoms with Crippen molar-refractivity contribution in [2.24, 2.45) is 4.99 Å². The summed E-state index contributed by atoms with van der Waals surface area (Å²) >= 11 is 0. The smallest absolute Gasteiger partial charge is 0.195 e. The van der Waals surface area contributed by atoms with E-state index in [-0.39, 0.29) is 5.82 Å². The second-order valence-electron chi connectivity index (χ2n) is 5.07. The van der Waals surface area contributed by atoms with Crippen molar-refractivity contribution in [3.8, 4) is 11.5 Å². The van der Waals surface area contributed by atoms with Crippen LogP contribution in [0.3, 0.4) is 0 Å².